The van der Waals surface area contributed by atoms with Gasteiger partial charge in [0.2, 0.25) is 0 Å². The van der Waals surface area contributed by atoms with Crippen LogP contribution in [0.4, 0.5) is 18.8 Å². The molecule has 0 aromatic rings. The maximum absolute atomic E-state index is 6.06. The van der Waals surface area contributed by atoms with Gasteiger partial charge in [0.05, 0.1) is 0 Å². The van der Waals surface area contributed by atoms with Gasteiger partial charge < -0.3 is 0 Å². The van der Waals surface area contributed by atoms with E-state index in [9.17, 15) is 0 Å². The van der Waals surface area contributed by atoms with E-state index < -0.39 is 20.0 Å². The average Bonchev–Trinajstić information content (AvgIpc) is 1.97. The summed E-state index contributed by atoms with van der Waals surface area (Å²) in [5.41, 5.74) is 0. The Morgan fingerprint density at radius 1 is 0.786 bits per heavy atom. The van der Waals surface area contributed by atoms with Crippen molar-refractivity contribution in [2.75, 3.05) is 0 Å². The normalized spacial score (nSPS) is 7.71. The van der Waals surface area contributed by atoms with Crippen LogP contribution in [0.2, 0.25) is 8.87 Å². The van der Waals surface area contributed by atoms with Crippen molar-refractivity contribution >= 4 is 20.0 Å². The van der Waals surface area contributed by atoms with Crippen molar-refractivity contribution < 1.29 is 18.8 Å². The smallest absolute Gasteiger partial charge is 0.269 e. The van der Waals surface area contributed by atoms with Crippen LogP contribution in [0.1, 0.15) is 39.5 Å². The molecule has 0 amide bonds. The summed E-state index contributed by atoms with van der Waals surface area (Å²) in [6.07, 6.45) is 5.44. The number of rotatable bonds is 6. The molecule has 0 heterocycles. The fraction of sp³-hybridized carbons (Fsp3) is 1.00. The number of halogens is 4. The Hall–Kier alpha value is 0.479. The first-order valence-electron chi connectivity index (χ1n) is 4.56. The Kier molecular flexibility index (Phi) is 48.9. The molecule has 14 heavy (non-hydrogen) atoms. The van der Waals surface area contributed by atoms with E-state index in [0.29, 0.717) is 0 Å². The topological polar surface area (TPSA) is 26.0 Å². The van der Waals surface area contributed by atoms with Gasteiger partial charge in [-0.2, -0.15) is 0 Å². The molecule has 0 bridgehead atoms. The number of nitrogens with two attached hydrogens (primary N) is 1. The zero-order chi connectivity index (χ0) is 7.82. The maximum atomic E-state index is 6.06. The third-order valence-corrected chi connectivity index (χ3v) is 8.42. The van der Waals surface area contributed by atoms with Gasteiger partial charge in [-0.25, -0.2) is 0 Å². The Morgan fingerprint density at radius 3 is 1.29 bits per heavy atom. The first kappa shape index (κ1) is 29.3. The van der Waals surface area contributed by atoms with Crippen molar-refractivity contribution in [1.29, 1.82) is 0 Å². The van der Waals surface area contributed by atoms with Crippen molar-refractivity contribution in [2.45, 2.75) is 48.4 Å². The van der Waals surface area contributed by atoms with Gasteiger partial charge in [-0.15, -0.1) is 0 Å². The summed E-state index contributed by atoms with van der Waals surface area (Å²) in [4.78, 5) is 0. The molecule has 0 fully saturated rings. The number of unbranched alkanes of at least 4 members (excludes halogenated alkanes) is 2. The molecular weight excluding hydrogens is 305 g/mol. The molecule has 0 aliphatic heterocycles. The minimum absolute atomic E-state index is 0. The number of hydrogen-bond acceptors (Lipinski definition) is 1. The van der Waals surface area contributed by atoms with Gasteiger partial charge in [0.15, 0.2) is 0 Å². The second-order valence-electron chi connectivity index (χ2n) is 3.04. The largest absolute Gasteiger partial charge is 0.269 e. The standard InChI is InChI=1S/2C4H9.4FH.H2N.Sn.H/c2*1-3-4-2;;;;;;;/h2*1,3-4H2,2H3;4*1H;1H2;;/q;;;;;;-1;+1;. The summed E-state index contributed by atoms with van der Waals surface area (Å²) >= 11 is -1.36. The molecule has 94 valence electrons. The van der Waals surface area contributed by atoms with Crippen molar-refractivity contribution in [3.63, 3.8) is 0 Å². The second-order valence-corrected chi connectivity index (χ2v) is 10.7. The second kappa shape index (κ2) is 23.4. The fourth-order valence-corrected chi connectivity index (χ4v) is 7.22. The van der Waals surface area contributed by atoms with Gasteiger partial charge >= 0.3 is 72.4 Å². The molecule has 0 atom stereocenters. The van der Waals surface area contributed by atoms with E-state index >= 15 is 0 Å². The fourth-order valence-electron chi connectivity index (χ4n) is 1.08. The van der Waals surface area contributed by atoms with Crippen molar-refractivity contribution in [2.24, 2.45) is 3.96 Å². The van der Waals surface area contributed by atoms with E-state index in [1.54, 1.807) is 0 Å². The van der Waals surface area contributed by atoms with Gasteiger partial charge in [-0.1, -0.05) is 0 Å². The van der Waals surface area contributed by atoms with Gasteiger partial charge in [-0.3, -0.25) is 18.8 Å². The van der Waals surface area contributed by atoms with Crippen LogP contribution in [0.5, 0.6) is 0 Å². The molecule has 0 radical (unpaired) electrons. The van der Waals surface area contributed by atoms with Gasteiger partial charge in [0.1, 0.15) is 0 Å². The van der Waals surface area contributed by atoms with E-state index in [0.717, 1.165) is 0 Å². The maximum Gasteiger partial charge on any atom is -0.269 e. The molecule has 2 N–H and O–H groups in total. The van der Waals surface area contributed by atoms with E-state index in [1.165, 1.54) is 34.6 Å². The molecule has 0 aliphatic carbocycles. The summed E-state index contributed by atoms with van der Waals surface area (Å²) in [6, 6.07) is 0. The third kappa shape index (κ3) is 22.9. The summed E-state index contributed by atoms with van der Waals surface area (Å²) in [5, 5.41) is 0. The monoisotopic (exact) mass is 331 g/mol. The molecule has 0 rings (SSSR count). The van der Waals surface area contributed by atoms with E-state index in [1.807, 2.05) is 0 Å². The molecule has 0 aliphatic rings. The van der Waals surface area contributed by atoms with Crippen LogP contribution in [0.3, 0.4) is 0 Å². The van der Waals surface area contributed by atoms with E-state index in [4.69, 9.17) is 3.96 Å². The van der Waals surface area contributed by atoms with Crippen LogP contribution in [0, 0.1) is 0 Å². The Balaban J connectivity index is -0.0000000675. The third-order valence-electron chi connectivity index (χ3n) is 1.86. The predicted molar refractivity (Wildman–Crippen MR) is 60.8 cm³/mol. The minimum Gasteiger partial charge on any atom is -0.269 e. The van der Waals surface area contributed by atoms with Crippen LogP contribution in [0.25, 0.3) is 0 Å². The van der Waals surface area contributed by atoms with Crippen LogP contribution < -0.4 is 3.96 Å². The average molecular weight is 330 g/mol. The van der Waals surface area contributed by atoms with Crippen LogP contribution in [0.15, 0.2) is 0 Å². The van der Waals surface area contributed by atoms with E-state index in [2.05, 4.69) is 13.8 Å². The Labute approximate surface area is 91.4 Å². The van der Waals surface area contributed by atoms with Crippen LogP contribution in [-0.4, -0.2) is 20.0 Å². The Bertz CT molecular complexity index is 70.4. The first-order chi connectivity index (χ1) is 4.81. The summed E-state index contributed by atoms with van der Waals surface area (Å²) in [6.45, 7) is 4.50. The summed E-state index contributed by atoms with van der Waals surface area (Å²) in [5.74, 6) is 0. The van der Waals surface area contributed by atoms with Crippen LogP contribution in [-0.2, 0) is 0 Å². The Morgan fingerprint density at radius 2 is 1.07 bits per heavy atom. The minimum atomic E-state index is -1.36. The quantitative estimate of drug-likeness (QED) is 0.588. The zero-order valence-corrected chi connectivity index (χ0v) is 12.3. The number of hydrogen-bond donors (Lipinski definition) is 1. The zero-order valence-electron chi connectivity index (χ0n) is 9.03. The molecule has 1 nitrogen and oxygen atoms in total. The van der Waals surface area contributed by atoms with Crippen molar-refractivity contribution in [3.05, 3.63) is 0 Å². The van der Waals surface area contributed by atoms with Crippen molar-refractivity contribution in [3.8, 4) is 0 Å². The van der Waals surface area contributed by atoms with Crippen molar-refractivity contribution in [1.82, 2.24) is 0 Å². The van der Waals surface area contributed by atoms with Gasteiger partial charge in [0.25, 0.3) is 0 Å². The molecule has 0 saturated carbocycles. The van der Waals surface area contributed by atoms with Crippen LogP contribution >= 0.6 is 0 Å². The molecular formula is C8H25F4NSn. The molecule has 0 aromatic heterocycles. The summed E-state index contributed by atoms with van der Waals surface area (Å²) in [7, 11) is 0. The molecule has 0 spiro atoms. The molecule has 0 aromatic carbocycles. The first-order valence-corrected chi connectivity index (χ1v) is 11.1. The predicted octanol–water partition coefficient (Wildman–Crippen LogP) is 2.88. The SMILES string of the molecule is CCC[CH2][SnH]([NH2])[CH2]CCC.F.F.F.F. The molecule has 0 unspecified atom stereocenters. The molecule has 0 saturated heterocycles. The van der Waals surface area contributed by atoms with Gasteiger partial charge in [-0.05, 0) is 0 Å². The summed E-state index contributed by atoms with van der Waals surface area (Å²) < 4.78 is 8.91. The van der Waals surface area contributed by atoms with Gasteiger partial charge in [0, 0.05) is 0 Å². The van der Waals surface area contributed by atoms with E-state index in [-0.39, 0.29) is 18.8 Å². The molecule has 6 heteroatoms.